The first-order valence-corrected chi connectivity index (χ1v) is 19.8. The molecule has 2 heterocycles. The number of benzene rings is 1. The highest BCUT2D eigenvalue weighted by Crippen LogP contribution is 2.30. The molecule has 0 unspecified atom stereocenters. The zero-order valence-electron chi connectivity index (χ0n) is 33.7. The molecule has 0 aliphatic carbocycles. The van der Waals surface area contributed by atoms with E-state index < -0.39 is 35.7 Å². The van der Waals surface area contributed by atoms with Gasteiger partial charge < -0.3 is 35.2 Å². The average molecular weight is 757 g/mol. The highest BCUT2D eigenvalue weighted by Gasteiger charge is 2.43. The van der Waals surface area contributed by atoms with Gasteiger partial charge in [-0.15, -0.1) is 11.3 Å². The smallest absolute Gasteiger partial charge is 0.245 e. The summed E-state index contributed by atoms with van der Waals surface area (Å²) in [5, 5.41) is 11.9. The molecule has 0 saturated carbocycles. The minimum Gasteiger partial charge on any atom is -0.379 e. The summed E-state index contributed by atoms with van der Waals surface area (Å²) in [6.07, 6.45) is 3.47. The lowest BCUT2D eigenvalue weighted by atomic mass is 9.89. The predicted molar refractivity (Wildman–Crippen MR) is 209 cm³/mol. The second-order valence-electron chi connectivity index (χ2n) is 15.3. The van der Waals surface area contributed by atoms with Crippen molar-refractivity contribution < 1.29 is 28.7 Å². The van der Waals surface area contributed by atoms with Crippen LogP contribution in [0.4, 0.5) is 0 Å². The van der Waals surface area contributed by atoms with E-state index in [2.05, 4.69) is 27.9 Å². The molecule has 13 heteroatoms. The second kappa shape index (κ2) is 20.3. The van der Waals surface area contributed by atoms with E-state index in [1.54, 1.807) is 53.3 Å². The van der Waals surface area contributed by atoms with E-state index in [0.29, 0.717) is 19.4 Å². The van der Waals surface area contributed by atoms with Crippen molar-refractivity contribution >= 4 is 35.0 Å². The third kappa shape index (κ3) is 11.3. The molecule has 3 rings (SSSR count). The summed E-state index contributed by atoms with van der Waals surface area (Å²) in [5.41, 5.74) is 0.230. The van der Waals surface area contributed by atoms with Gasteiger partial charge in [0.15, 0.2) is 0 Å². The Kier molecular flexibility index (Phi) is 16.9. The molecule has 53 heavy (non-hydrogen) atoms. The van der Waals surface area contributed by atoms with Crippen molar-refractivity contribution in [3.05, 3.63) is 52.5 Å². The van der Waals surface area contributed by atoms with Crippen molar-refractivity contribution in [1.29, 1.82) is 0 Å². The van der Waals surface area contributed by atoms with Gasteiger partial charge in [0.1, 0.15) is 11.0 Å². The molecule has 1 aromatic heterocycles. The van der Waals surface area contributed by atoms with E-state index in [9.17, 15) is 19.2 Å². The van der Waals surface area contributed by atoms with Crippen LogP contribution in [0.2, 0.25) is 0 Å². The minimum atomic E-state index is -0.862. The largest absolute Gasteiger partial charge is 0.379 e. The number of ether oxygens (including phenoxy) is 2. The van der Waals surface area contributed by atoms with Gasteiger partial charge in [0, 0.05) is 39.4 Å². The minimum absolute atomic E-state index is 0.00885. The number of aromatic nitrogens is 1. The van der Waals surface area contributed by atoms with Gasteiger partial charge in [0.25, 0.3) is 0 Å². The monoisotopic (exact) mass is 756 g/mol. The standard InChI is InChI=1S/C40H64N6O6S/c1-12-26(4)34(45(9)38(49)33(25(2)3)44-39(50)40(6,7)41-8)31(51-10)24-32(47)46-21-16-19-30(46)35(52-11)27(5)36(48)43-29(37-42-20-22-53-37)23-28-17-14-13-15-18-28/h13-15,17-18,20,22,25-27,29-31,33-35,41H,12,16,19,21,23-24H2,1-11H3,(H,43,48)(H,44,50)/t26-,27+,29-,30-,31+,33-,34-,35+/m0/s1. The number of carbonyl (C=O) groups is 4. The summed E-state index contributed by atoms with van der Waals surface area (Å²) in [5.74, 6) is -1.52. The Labute approximate surface area is 321 Å². The van der Waals surface area contributed by atoms with Crippen molar-refractivity contribution in [2.24, 2.45) is 17.8 Å². The van der Waals surface area contributed by atoms with E-state index in [1.807, 2.05) is 68.3 Å². The first-order chi connectivity index (χ1) is 25.1. The van der Waals surface area contributed by atoms with Crippen LogP contribution in [0.5, 0.6) is 0 Å². The first kappa shape index (κ1) is 44.0. The summed E-state index contributed by atoms with van der Waals surface area (Å²) in [4.78, 5) is 63.3. The van der Waals surface area contributed by atoms with Crippen LogP contribution < -0.4 is 16.0 Å². The Morgan fingerprint density at radius 2 is 1.74 bits per heavy atom. The second-order valence-corrected chi connectivity index (χ2v) is 16.2. The van der Waals surface area contributed by atoms with Gasteiger partial charge in [-0.1, -0.05) is 71.4 Å². The SMILES string of the molecule is CC[C@H](C)[C@@H]([C@@H](CC(=O)N1CCC[C@H]1[C@H](OC)[C@@H](C)C(=O)N[C@@H](Cc1ccccc1)c1nccs1)OC)N(C)C(=O)[C@@H](NC(=O)C(C)(C)NC)C(C)C. The number of hydrogen-bond acceptors (Lipinski definition) is 9. The maximum absolute atomic E-state index is 14.2. The molecule has 1 saturated heterocycles. The molecule has 3 N–H and O–H groups in total. The molecular formula is C40H64N6O6S. The highest BCUT2D eigenvalue weighted by atomic mass is 32.1. The Morgan fingerprint density at radius 3 is 2.28 bits per heavy atom. The maximum atomic E-state index is 14.2. The molecule has 4 amide bonds. The Balaban J connectivity index is 1.78. The number of likely N-dealkylation sites (tertiary alicyclic amines) is 1. The van der Waals surface area contributed by atoms with Crippen molar-refractivity contribution in [1.82, 2.24) is 30.7 Å². The third-order valence-corrected chi connectivity index (χ3v) is 11.9. The lowest BCUT2D eigenvalue weighted by molar-refractivity contribution is -0.148. The number of amides is 4. The van der Waals surface area contributed by atoms with E-state index in [4.69, 9.17) is 9.47 Å². The van der Waals surface area contributed by atoms with Gasteiger partial charge in [-0.05, 0) is 57.6 Å². The number of hydrogen-bond donors (Lipinski definition) is 3. The predicted octanol–water partition coefficient (Wildman–Crippen LogP) is 4.60. The number of methoxy groups -OCH3 is 2. The summed E-state index contributed by atoms with van der Waals surface area (Å²) in [6, 6.07) is 8.19. The van der Waals surface area contributed by atoms with E-state index in [0.717, 1.165) is 23.4 Å². The van der Waals surface area contributed by atoms with Gasteiger partial charge in [0.05, 0.1) is 48.2 Å². The van der Waals surface area contributed by atoms with Gasteiger partial charge in [0.2, 0.25) is 23.6 Å². The normalized spacial score (nSPS) is 18.8. The molecular weight excluding hydrogens is 693 g/mol. The zero-order chi connectivity index (χ0) is 39.5. The van der Waals surface area contributed by atoms with Crippen LogP contribution in [0.15, 0.2) is 41.9 Å². The van der Waals surface area contributed by atoms with Gasteiger partial charge in [-0.3, -0.25) is 19.2 Å². The molecule has 1 fully saturated rings. The quantitative estimate of drug-likeness (QED) is 0.178. The van der Waals surface area contributed by atoms with Crippen LogP contribution in [-0.4, -0.2) is 109 Å². The van der Waals surface area contributed by atoms with Crippen molar-refractivity contribution in [3.8, 4) is 0 Å². The molecule has 0 spiro atoms. The molecule has 0 radical (unpaired) electrons. The molecule has 2 aromatic rings. The van der Waals surface area contributed by atoms with E-state index in [1.165, 1.54) is 11.3 Å². The molecule has 296 valence electrons. The molecule has 1 aliphatic heterocycles. The summed E-state index contributed by atoms with van der Waals surface area (Å²) < 4.78 is 12.0. The molecule has 1 aromatic carbocycles. The Morgan fingerprint density at radius 1 is 1.06 bits per heavy atom. The van der Waals surface area contributed by atoms with Crippen LogP contribution in [0.3, 0.4) is 0 Å². The van der Waals surface area contributed by atoms with Crippen LogP contribution in [0.25, 0.3) is 0 Å². The van der Waals surface area contributed by atoms with Crippen LogP contribution in [0, 0.1) is 17.8 Å². The van der Waals surface area contributed by atoms with Crippen molar-refractivity contribution in [2.75, 3.05) is 34.9 Å². The number of rotatable bonds is 20. The summed E-state index contributed by atoms with van der Waals surface area (Å²) in [6.45, 7) is 13.8. The molecule has 8 atom stereocenters. The summed E-state index contributed by atoms with van der Waals surface area (Å²) in [7, 11) is 6.61. The fourth-order valence-electron chi connectivity index (χ4n) is 7.23. The molecule has 0 bridgehead atoms. The van der Waals surface area contributed by atoms with Gasteiger partial charge in [-0.25, -0.2) is 4.98 Å². The topological polar surface area (TPSA) is 142 Å². The lowest BCUT2D eigenvalue weighted by Gasteiger charge is -2.41. The fraction of sp³-hybridized carbons (Fsp3) is 0.675. The van der Waals surface area contributed by atoms with Crippen molar-refractivity contribution in [2.45, 2.75) is 122 Å². The number of nitrogens with one attached hydrogen (secondary N) is 3. The Bertz CT molecular complexity index is 1460. The van der Waals surface area contributed by atoms with E-state index in [-0.39, 0.29) is 54.0 Å². The first-order valence-electron chi connectivity index (χ1n) is 19.0. The van der Waals surface area contributed by atoms with Crippen LogP contribution in [0.1, 0.15) is 90.8 Å². The highest BCUT2D eigenvalue weighted by molar-refractivity contribution is 7.09. The van der Waals surface area contributed by atoms with Crippen LogP contribution >= 0.6 is 11.3 Å². The molecule has 12 nitrogen and oxygen atoms in total. The van der Waals surface area contributed by atoms with Gasteiger partial charge >= 0.3 is 0 Å². The number of thiazole rings is 1. The maximum Gasteiger partial charge on any atom is 0.245 e. The summed E-state index contributed by atoms with van der Waals surface area (Å²) >= 11 is 1.50. The number of nitrogens with zero attached hydrogens (tertiary/aromatic N) is 3. The molecule has 1 aliphatic rings. The number of carbonyl (C=O) groups excluding carboxylic acids is 4. The third-order valence-electron chi connectivity index (χ3n) is 11.0. The number of likely N-dealkylation sites (N-methyl/N-ethyl adjacent to an activating group) is 2. The van der Waals surface area contributed by atoms with E-state index >= 15 is 0 Å². The lowest BCUT2D eigenvalue weighted by Crippen LogP contribution is -2.61. The fourth-order valence-corrected chi connectivity index (χ4v) is 7.92. The zero-order valence-corrected chi connectivity index (χ0v) is 34.5. The van der Waals surface area contributed by atoms with Gasteiger partial charge in [-0.2, -0.15) is 0 Å². The Hall–Kier alpha value is -3.39. The van der Waals surface area contributed by atoms with Crippen molar-refractivity contribution in [3.63, 3.8) is 0 Å². The van der Waals surface area contributed by atoms with Crippen LogP contribution in [-0.2, 0) is 35.1 Å². The average Bonchev–Trinajstić information content (AvgIpc) is 3.87.